The van der Waals surface area contributed by atoms with Crippen LogP contribution in [0.1, 0.15) is 26.7 Å². The van der Waals surface area contributed by atoms with Gasteiger partial charge in [0.15, 0.2) is 0 Å². The van der Waals surface area contributed by atoms with Crippen molar-refractivity contribution in [1.29, 1.82) is 5.26 Å². The minimum absolute atomic E-state index is 0.0402. The molecule has 4 atom stereocenters. The van der Waals surface area contributed by atoms with Gasteiger partial charge in [-0.15, -0.1) is 0 Å². The number of amides is 1. The van der Waals surface area contributed by atoms with Crippen molar-refractivity contribution in [3.63, 3.8) is 0 Å². The molecular formula is C11H17N3O. The SMILES string of the molecule is CC(C)[C@H](N)C(=O)N1C(C#N)C[C@H]2C[C@H]21. The lowest BCUT2D eigenvalue weighted by Gasteiger charge is -2.27. The molecule has 1 saturated carbocycles. The summed E-state index contributed by atoms with van der Waals surface area (Å²) in [5.74, 6) is 0.661. The van der Waals surface area contributed by atoms with Crippen molar-refractivity contribution < 1.29 is 4.79 Å². The molecule has 0 aromatic rings. The number of rotatable bonds is 2. The third-order valence-electron chi connectivity index (χ3n) is 3.51. The summed E-state index contributed by atoms with van der Waals surface area (Å²) in [7, 11) is 0. The molecule has 4 heteroatoms. The van der Waals surface area contributed by atoms with Crippen LogP contribution in [-0.2, 0) is 4.79 Å². The number of carbonyl (C=O) groups is 1. The Morgan fingerprint density at radius 2 is 2.20 bits per heavy atom. The van der Waals surface area contributed by atoms with Crippen LogP contribution in [0.3, 0.4) is 0 Å². The minimum atomic E-state index is -0.458. The van der Waals surface area contributed by atoms with Gasteiger partial charge in [-0.1, -0.05) is 13.8 Å². The molecule has 0 bridgehead atoms. The van der Waals surface area contributed by atoms with E-state index in [1.165, 1.54) is 0 Å². The molecule has 0 aromatic heterocycles. The van der Waals surface area contributed by atoms with Crippen LogP contribution in [0.5, 0.6) is 0 Å². The largest absolute Gasteiger partial charge is 0.322 e. The smallest absolute Gasteiger partial charge is 0.241 e. The number of nitrogens with zero attached hydrogens (tertiary/aromatic N) is 2. The highest BCUT2D eigenvalue weighted by Crippen LogP contribution is 2.47. The Labute approximate surface area is 90.0 Å². The molecule has 82 valence electrons. The highest BCUT2D eigenvalue weighted by molar-refractivity contribution is 5.83. The Balaban J connectivity index is 2.09. The predicted octanol–water partition coefficient (Wildman–Crippen LogP) is 0.483. The van der Waals surface area contributed by atoms with Crippen molar-refractivity contribution in [2.75, 3.05) is 0 Å². The van der Waals surface area contributed by atoms with Crippen molar-refractivity contribution in [3.8, 4) is 6.07 Å². The summed E-state index contributed by atoms with van der Waals surface area (Å²) in [4.78, 5) is 13.8. The average Bonchev–Trinajstić information content (AvgIpc) is 2.87. The van der Waals surface area contributed by atoms with E-state index in [2.05, 4.69) is 6.07 Å². The molecule has 4 nitrogen and oxygen atoms in total. The maximum atomic E-state index is 12.0. The first-order valence-electron chi connectivity index (χ1n) is 5.53. The number of nitrogens with two attached hydrogens (primary N) is 1. The summed E-state index contributed by atoms with van der Waals surface area (Å²) >= 11 is 0. The number of nitriles is 1. The standard InChI is InChI=1S/C11H17N3O/c1-6(2)10(13)11(15)14-8(5-12)3-7-4-9(7)14/h6-10H,3-4,13H2,1-2H3/t7-,8?,9+,10-/m0/s1. The van der Waals surface area contributed by atoms with E-state index in [4.69, 9.17) is 11.0 Å². The normalized spacial score (nSPS) is 34.9. The van der Waals surface area contributed by atoms with E-state index in [9.17, 15) is 4.79 Å². The molecule has 1 aliphatic heterocycles. The van der Waals surface area contributed by atoms with Gasteiger partial charge in [0.2, 0.25) is 5.91 Å². The van der Waals surface area contributed by atoms with Gasteiger partial charge in [-0.25, -0.2) is 0 Å². The highest BCUT2D eigenvalue weighted by Gasteiger charge is 2.54. The highest BCUT2D eigenvalue weighted by atomic mass is 16.2. The molecule has 0 aromatic carbocycles. The average molecular weight is 207 g/mol. The van der Waals surface area contributed by atoms with Crippen LogP contribution in [0.25, 0.3) is 0 Å². The molecule has 2 fully saturated rings. The third-order valence-corrected chi connectivity index (χ3v) is 3.51. The van der Waals surface area contributed by atoms with E-state index in [0.717, 1.165) is 12.8 Å². The Bertz CT molecular complexity index is 320. The van der Waals surface area contributed by atoms with Crippen LogP contribution in [0.2, 0.25) is 0 Å². The zero-order valence-electron chi connectivity index (χ0n) is 9.18. The molecule has 2 N–H and O–H groups in total. The summed E-state index contributed by atoms with van der Waals surface area (Å²) in [5, 5.41) is 8.96. The Morgan fingerprint density at radius 3 is 2.73 bits per heavy atom. The molecule has 1 saturated heterocycles. The van der Waals surface area contributed by atoms with E-state index in [0.29, 0.717) is 12.0 Å². The number of carbonyl (C=O) groups excluding carboxylic acids is 1. The van der Waals surface area contributed by atoms with Crippen molar-refractivity contribution >= 4 is 5.91 Å². The summed E-state index contributed by atoms with van der Waals surface area (Å²) < 4.78 is 0. The van der Waals surface area contributed by atoms with Gasteiger partial charge in [0.1, 0.15) is 6.04 Å². The van der Waals surface area contributed by atoms with Crippen molar-refractivity contribution in [2.24, 2.45) is 17.6 Å². The van der Waals surface area contributed by atoms with Gasteiger partial charge < -0.3 is 10.6 Å². The van der Waals surface area contributed by atoms with Crippen LogP contribution < -0.4 is 5.73 Å². The molecule has 0 spiro atoms. The third kappa shape index (κ3) is 1.61. The second-order valence-electron chi connectivity index (χ2n) is 4.96. The van der Waals surface area contributed by atoms with Crippen LogP contribution in [-0.4, -0.2) is 28.9 Å². The second kappa shape index (κ2) is 3.49. The summed E-state index contributed by atoms with van der Waals surface area (Å²) in [6.45, 7) is 3.87. The summed E-state index contributed by atoms with van der Waals surface area (Å²) in [6.07, 6.45) is 1.91. The molecule has 1 unspecified atom stereocenters. The molecule has 2 aliphatic rings. The van der Waals surface area contributed by atoms with Crippen LogP contribution in [0.15, 0.2) is 0 Å². The van der Waals surface area contributed by atoms with Gasteiger partial charge in [-0.2, -0.15) is 5.26 Å². The fourth-order valence-electron chi connectivity index (χ4n) is 2.35. The fraction of sp³-hybridized carbons (Fsp3) is 0.818. The second-order valence-corrected chi connectivity index (χ2v) is 4.96. The fourth-order valence-corrected chi connectivity index (χ4v) is 2.35. The quantitative estimate of drug-likeness (QED) is 0.716. The maximum absolute atomic E-state index is 12.0. The van der Waals surface area contributed by atoms with Crippen LogP contribution in [0, 0.1) is 23.2 Å². The Morgan fingerprint density at radius 1 is 1.53 bits per heavy atom. The molecule has 15 heavy (non-hydrogen) atoms. The summed E-state index contributed by atoms with van der Waals surface area (Å²) in [6, 6.07) is 1.82. The van der Waals surface area contributed by atoms with Crippen LogP contribution >= 0.6 is 0 Å². The zero-order chi connectivity index (χ0) is 11.2. The maximum Gasteiger partial charge on any atom is 0.241 e. The Hall–Kier alpha value is -1.08. The van der Waals surface area contributed by atoms with Gasteiger partial charge in [0.05, 0.1) is 12.1 Å². The first-order chi connectivity index (χ1) is 7.06. The van der Waals surface area contributed by atoms with Crippen molar-refractivity contribution in [3.05, 3.63) is 0 Å². The number of fused-ring (bicyclic) bond motifs is 1. The summed E-state index contributed by atoms with van der Waals surface area (Å²) in [5.41, 5.74) is 5.84. The zero-order valence-corrected chi connectivity index (χ0v) is 9.18. The van der Waals surface area contributed by atoms with Gasteiger partial charge in [-0.3, -0.25) is 4.79 Å². The first kappa shape index (κ1) is 10.4. The Kier molecular flexibility index (Phi) is 2.43. The van der Waals surface area contributed by atoms with Gasteiger partial charge in [0.25, 0.3) is 0 Å². The molecule has 1 heterocycles. The first-order valence-corrected chi connectivity index (χ1v) is 5.53. The van der Waals surface area contributed by atoms with E-state index in [1.54, 1.807) is 4.90 Å². The van der Waals surface area contributed by atoms with E-state index >= 15 is 0 Å². The number of hydrogen-bond donors (Lipinski definition) is 1. The van der Waals surface area contributed by atoms with Gasteiger partial charge >= 0.3 is 0 Å². The lowest BCUT2D eigenvalue weighted by atomic mass is 10.0. The van der Waals surface area contributed by atoms with Gasteiger partial charge in [0, 0.05) is 6.04 Å². The van der Waals surface area contributed by atoms with E-state index in [-0.39, 0.29) is 17.9 Å². The molecule has 2 rings (SSSR count). The van der Waals surface area contributed by atoms with E-state index < -0.39 is 6.04 Å². The number of hydrogen-bond acceptors (Lipinski definition) is 3. The lowest BCUT2D eigenvalue weighted by molar-refractivity contribution is -0.134. The molecule has 1 amide bonds. The minimum Gasteiger partial charge on any atom is -0.322 e. The molecule has 0 radical (unpaired) electrons. The molecule has 1 aliphatic carbocycles. The predicted molar refractivity (Wildman–Crippen MR) is 55.6 cm³/mol. The molecular weight excluding hydrogens is 190 g/mol. The van der Waals surface area contributed by atoms with Crippen molar-refractivity contribution in [2.45, 2.75) is 44.8 Å². The van der Waals surface area contributed by atoms with Gasteiger partial charge in [-0.05, 0) is 24.7 Å². The monoisotopic (exact) mass is 207 g/mol. The van der Waals surface area contributed by atoms with E-state index in [1.807, 2.05) is 13.8 Å². The van der Waals surface area contributed by atoms with Crippen molar-refractivity contribution in [1.82, 2.24) is 4.90 Å². The lowest BCUT2D eigenvalue weighted by Crippen LogP contribution is -2.49. The topological polar surface area (TPSA) is 70.1 Å². The number of piperidine rings is 1. The van der Waals surface area contributed by atoms with Crippen LogP contribution in [0.4, 0.5) is 0 Å². The number of likely N-dealkylation sites (tertiary alicyclic amines) is 1.